The highest BCUT2D eigenvalue weighted by atomic mass is 31.2. The van der Waals surface area contributed by atoms with Crippen molar-refractivity contribution in [3.63, 3.8) is 0 Å². The average Bonchev–Trinajstić information content (AvgIpc) is 0.908. The molecule has 582 valence electrons. The summed E-state index contributed by atoms with van der Waals surface area (Å²) in [6.45, 7) is 4.52. The Hall–Kier alpha value is -5.06. The van der Waals surface area contributed by atoms with Gasteiger partial charge in [0.25, 0.3) is 0 Å². The molecule has 0 saturated carbocycles. The molecule has 0 radical (unpaired) electrons. The zero-order chi connectivity index (χ0) is 74.6. The van der Waals surface area contributed by atoms with Crippen LogP contribution >= 0.6 is 15.6 Å². The van der Waals surface area contributed by atoms with Crippen molar-refractivity contribution < 1.29 is 80.2 Å². The van der Waals surface area contributed by atoms with Crippen molar-refractivity contribution in [1.82, 2.24) is 0 Å². The Kier molecular flexibility index (Phi) is 70.5. The first-order valence-electron chi connectivity index (χ1n) is 39.1. The van der Waals surface area contributed by atoms with Crippen molar-refractivity contribution in [2.45, 2.75) is 316 Å². The number of unbranched alkanes of at least 4 members (excludes halogenated alkanes) is 22. The molecule has 0 aliphatic heterocycles. The first kappa shape index (κ1) is 96.9. The molecule has 0 fully saturated rings. The number of rotatable bonds is 72. The number of hydrogen-bond acceptors (Lipinski definition) is 15. The minimum absolute atomic E-state index is 0.0127. The van der Waals surface area contributed by atoms with E-state index in [1.54, 1.807) is 0 Å². The van der Waals surface area contributed by atoms with Crippen LogP contribution in [0.25, 0.3) is 0 Å². The molecule has 0 bridgehead atoms. The molecule has 0 spiro atoms. The molecule has 19 heteroatoms. The Morgan fingerprint density at radius 1 is 0.284 bits per heavy atom. The maximum atomic E-state index is 13.1. The summed E-state index contributed by atoms with van der Waals surface area (Å²) in [5.41, 5.74) is 0. The van der Waals surface area contributed by atoms with Crippen LogP contribution in [0, 0.1) is 0 Å². The summed E-state index contributed by atoms with van der Waals surface area (Å²) >= 11 is 0. The molecule has 0 saturated heterocycles. The van der Waals surface area contributed by atoms with Crippen LogP contribution in [0.4, 0.5) is 0 Å². The SMILES string of the molecule is CC/C=C\C/C=C\C/C=C\C/C=C\C/C=C\C/C=C\CCC(=O)OC[C@H](COP(=O)(O)OC[C@@H](O)COP(=O)(O)OC[C@@H](COC(=O)CCCCCCC/C=C\CCCCCC)OC(=O)CCC/C=C\C/C=C\C/C=C\C/C=C\CCCCC)OC(=O)CCCCCCC/C=C\CCCCCC. The normalized spacial score (nSPS) is 14.7. The van der Waals surface area contributed by atoms with Crippen molar-refractivity contribution in [3.05, 3.63) is 146 Å². The first-order chi connectivity index (χ1) is 49.7. The molecule has 0 aliphatic rings. The van der Waals surface area contributed by atoms with E-state index in [1.807, 2.05) is 30.4 Å². The molecular formula is C83H138O17P2. The Labute approximate surface area is 617 Å². The maximum absolute atomic E-state index is 13.1. The highest BCUT2D eigenvalue weighted by Crippen LogP contribution is 2.45. The molecule has 17 nitrogen and oxygen atoms in total. The van der Waals surface area contributed by atoms with E-state index in [-0.39, 0.29) is 25.7 Å². The number of hydrogen-bond donors (Lipinski definition) is 3. The van der Waals surface area contributed by atoms with Gasteiger partial charge >= 0.3 is 39.5 Å². The minimum atomic E-state index is -5.00. The van der Waals surface area contributed by atoms with Crippen molar-refractivity contribution >= 4 is 39.5 Å². The van der Waals surface area contributed by atoms with E-state index >= 15 is 0 Å². The van der Waals surface area contributed by atoms with E-state index < -0.39 is 97.5 Å². The maximum Gasteiger partial charge on any atom is 0.472 e. The van der Waals surface area contributed by atoms with Gasteiger partial charge < -0.3 is 33.8 Å². The Morgan fingerprint density at radius 2 is 0.539 bits per heavy atom. The molecule has 2 unspecified atom stereocenters. The second-order valence-corrected chi connectivity index (χ2v) is 28.5. The molecule has 0 aromatic rings. The van der Waals surface area contributed by atoms with E-state index in [9.17, 15) is 43.2 Å². The van der Waals surface area contributed by atoms with E-state index in [1.165, 1.54) is 70.6 Å². The van der Waals surface area contributed by atoms with Crippen molar-refractivity contribution in [2.24, 2.45) is 0 Å². The van der Waals surface area contributed by atoms with Crippen LogP contribution in [0.1, 0.15) is 297 Å². The number of esters is 4. The van der Waals surface area contributed by atoms with Gasteiger partial charge in [-0.2, -0.15) is 0 Å². The summed E-state index contributed by atoms with van der Waals surface area (Å²) in [5, 5.41) is 10.6. The summed E-state index contributed by atoms with van der Waals surface area (Å²) in [6, 6.07) is 0. The molecule has 0 heterocycles. The Balaban J connectivity index is 5.47. The number of aliphatic hydroxyl groups excluding tert-OH is 1. The molecule has 5 atom stereocenters. The van der Waals surface area contributed by atoms with Gasteiger partial charge in [-0.05, 0) is 154 Å². The van der Waals surface area contributed by atoms with Gasteiger partial charge in [-0.15, -0.1) is 0 Å². The molecule has 0 rings (SSSR count). The summed E-state index contributed by atoms with van der Waals surface area (Å²) in [7, 11) is -10.0. The van der Waals surface area contributed by atoms with Crippen LogP contribution in [-0.4, -0.2) is 96.7 Å². The second-order valence-electron chi connectivity index (χ2n) is 25.6. The second kappa shape index (κ2) is 74.2. The van der Waals surface area contributed by atoms with Crippen LogP contribution < -0.4 is 0 Å². The van der Waals surface area contributed by atoms with Gasteiger partial charge in [0.15, 0.2) is 12.2 Å². The summed E-state index contributed by atoms with van der Waals surface area (Å²) in [6.07, 6.45) is 84.3. The van der Waals surface area contributed by atoms with Crippen LogP contribution in [0.15, 0.2) is 146 Å². The number of aliphatic hydroxyl groups is 1. The van der Waals surface area contributed by atoms with Gasteiger partial charge in [0.1, 0.15) is 19.3 Å². The molecule has 0 aromatic carbocycles. The van der Waals surface area contributed by atoms with Gasteiger partial charge in [0.05, 0.1) is 26.4 Å². The van der Waals surface area contributed by atoms with Crippen LogP contribution in [0.2, 0.25) is 0 Å². The molecule has 102 heavy (non-hydrogen) atoms. The third-order valence-corrected chi connectivity index (χ3v) is 17.7. The lowest BCUT2D eigenvalue weighted by Crippen LogP contribution is -2.30. The summed E-state index contributed by atoms with van der Waals surface area (Å²) in [4.78, 5) is 72.9. The fourth-order valence-corrected chi connectivity index (χ4v) is 11.4. The molecule has 0 amide bonds. The molecule has 3 N–H and O–H groups in total. The van der Waals surface area contributed by atoms with E-state index in [0.717, 1.165) is 135 Å². The van der Waals surface area contributed by atoms with Crippen molar-refractivity contribution in [1.29, 1.82) is 0 Å². The summed E-state index contributed by atoms with van der Waals surface area (Å²) in [5.74, 6) is -2.36. The molecular weight excluding hydrogens is 1330 g/mol. The van der Waals surface area contributed by atoms with Gasteiger partial charge in [-0.1, -0.05) is 263 Å². The first-order valence-corrected chi connectivity index (χ1v) is 42.1. The highest BCUT2D eigenvalue weighted by Gasteiger charge is 2.30. The van der Waals surface area contributed by atoms with Crippen LogP contribution in [0.5, 0.6) is 0 Å². The average molecular weight is 1470 g/mol. The number of phosphoric acid groups is 2. The highest BCUT2D eigenvalue weighted by molar-refractivity contribution is 7.47. The lowest BCUT2D eigenvalue weighted by Gasteiger charge is -2.21. The number of carbonyl (C=O) groups excluding carboxylic acids is 4. The topological polar surface area (TPSA) is 237 Å². The lowest BCUT2D eigenvalue weighted by molar-refractivity contribution is -0.161. The predicted molar refractivity (Wildman–Crippen MR) is 417 cm³/mol. The van der Waals surface area contributed by atoms with Crippen LogP contribution in [-0.2, 0) is 65.4 Å². The number of phosphoric ester groups is 2. The standard InChI is InChI=1S/C83H138O17P2/c1-5-9-13-17-21-25-29-33-35-37-38-40-41-45-48-52-56-60-64-68-81(86)94-74-78(99-82(87)69-65-61-57-53-49-44-32-28-24-20-16-12-8-4)75-97-101(89,90)95-71-77(84)72-96-102(91,92)98-76-79(73-93-80(85)67-63-59-55-51-47-43-31-27-23-19-15-11-7-3)100-83(88)70-66-62-58-54-50-46-42-39-36-34-30-26-22-18-14-10-6-2/h9,13,21-22,25-28,31-36,38,40,42,45-46,48,54,56,58,60,77-79,84H,5-8,10-12,14-20,23-24,29-30,37,39,41,43-44,47,49-53,55,57,59,61-76H2,1-4H3,(H,89,90)(H,91,92)/b13-9-,25-21-,26-22-,31-27-,32-28-,35-33-,36-34-,40-38-,46-42-,48-45-,58-54-,60-56-/t77-,78-,79-/m1/s1. The van der Waals surface area contributed by atoms with E-state index in [0.29, 0.717) is 38.5 Å². The fourth-order valence-electron chi connectivity index (χ4n) is 9.81. The number of ether oxygens (including phenoxy) is 4. The van der Waals surface area contributed by atoms with Gasteiger partial charge in [-0.25, -0.2) is 9.13 Å². The minimum Gasteiger partial charge on any atom is -0.462 e. The number of carbonyl (C=O) groups is 4. The van der Waals surface area contributed by atoms with Gasteiger partial charge in [0.2, 0.25) is 0 Å². The quantitative estimate of drug-likeness (QED) is 0.0169. The van der Waals surface area contributed by atoms with Gasteiger partial charge in [0, 0.05) is 25.7 Å². The number of allylic oxidation sites excluding steroid dienone is 24. The predicted octanol–water partition coefficient (Wildman–Crippen LogP) is 22.7. The zero-order valence-electron chi connectivity index (χ0n) is 63.5. The monoisotopic (exact) mass is 1470 g/mol. The fraction of sp³-hybridized carbons (Fsp3) is 0.663. The molecule has 0 aliphatic carbocycles. The smallest absolute Gasteiger partial charge is 0.462 e. The largest absolute Gasteiger partial charge is 0.472 e. The zero-order valence-corrected chi connectivity index (χ0v) is 65.3. The van der Waals surface area contributed by atoms with Gasteiger partial charge in [-0.3, -0.25) is 37.3 Å². The third kappa shape index (κ3) is 73.3. The van der Waals surface area contributed by atoms with Crippen molar-refractivity contribution in [2.75, 3.05) is 39.6 Å². The Bertz CT molecular complexity index is 2510. The molecule has 0 aromatic heterocycles. The third-order valence-electron chi connectivity index (χ3n) is 15.8. The summed E-state index contributed by atoms with van der Waals surface area (Å²) < 4.78 is 68.4. The van der Waals surface area contributed by atoms with Crippen LogP contribution in [0.3, 0.4) is 0 Å². The Morgan fingerprint density at radius 3 is 0.912 bits per heavy atom. The van der Waals surface area contributed by atoms with E-state index in [4.69, 9.17) is 37.0 Å². The lowest BCUT2D eigenvalue weighted by atomic mass is 10.1. The van der Waals surface area contributed by atoms with E-state index in [2.05, 4.69) is 143 Å². The van der Waals surface area contributed by atoms with Crippen molar-refractivity contribution in [3.8, 4) is 0 Å².